The number of halogens is 1. The lowest BCUT2D eigenvalue weighted by Gasteiger charge is -2.27. The van der Waals surface area contributed by atoms with Gasteiger partial charge in [-0.25, -0.2) is 14.4 Å². The maximum Gasteiger partial charge on any atom is 0.131 e. The highest BCUT2D eigenvalue weighted by Gasteiger charge is 2.24. The van der Waals surface area contributed by atoms with Gasteiger partial charge in [0.2, 0.25) is 0 Å². The molecule has 3 heteroatoms. The van der Waals surface area contributed by atoms with Crippen molar-refractivity contribution in [2.45, 2.75) is 96.8 Å². The van der Waals surface area contributed by atoms with Crippen molar-refractivity contribution in [2.75, 3.05) is 0 Å². The summed E-state index contributed by atoms with van der Waals surface area (Å²) in [6, 6.07) is 5.61. The van der Waals surface area contributed by atoms with E-state index in [1.54, 1.807) is 6.07 Å². The van der Waals surface area contributed by atoms with Crippen LogP contribution in [0.15, 0.2) is 30.6 Å². The van der Waals surface area contributed by atoms with Gasteiger partial charge in [-0.1, -0.05) is 64.5 Å². The number of hydrogen-bond acceptors (Lipinski definition) is 2. The topological polar surface area (TPSA) is 25.8 Å². The fraction of sp³-hybridized carbons (Fsp3) is 0.615. The Kier molecular flexibility index (Phi) is 8.64. The van der Waals surface area contributed by atoms with Gasteiger partial charge in [0.05, 0.1) is 0 Å². The monoisotopic (exact) mass is 396 g/mol. The Morgan fingerprint density at radius 1 is 0.897 bits per heavy atom. The molecule has 3 rings (SSSR count). The quantitative estimate of drug-likeness (QED) is 0.382. The van der Waals surface area contributed by atoms with Crippen molar-refractivity contribution in [3.05, 3.63) is 47.8 Å². The van der Waals surface area contributed by atoms with Crippen LogP contribution in [0.5, 0.6) is 0 Å². The third-order valence-electron chi connectivity index (χ3n) is 6.51. The van der Waals surface area contributed by atoms with E-state index in [1.165, 1.54) is 64.2 Å². The summed E-state index contributed by atoms with van der Waals surface area (Å²) in [5, 5.41) is 0. The maximum atomic E-state index is 14.6. The van der Waals surface area contributed by atoms with Crippen LogP contribution in [0.4, 0.5) is 4.39 Å². The first-order valence-electron chi connectivity index (χ1n) is 11.8. The van der Waals surface area contributed by atoms with Crippen molar-refractivity contribution in [2.24, 2.45) is 5.92 Å². The number of rotatable bonds is 10. The molecule has 1 heterocycles. The summed E-state index contributed by atoms with van der Waals surface area (Å²) in [5.41, 5.74) is 2.46. The van der Waals surface area contributed by atoms with Crippen molar-refractivity contribution >= 4 is 0 Å². The molecule has 1 aliphatic rings. The van der Waals surface area contributed by atoms with E-state index in [2.05, 4.69) is 23.8 Å². The van der Waals surface area contributed by atoms with E-state index in [9.17, 15) is 4.39 Å². The second-order valence-electron chi connectivity index (χ2n) is 8.81. The van der Waals surface area contributed by atoms with Gasteiger partial charge in [0, 0.05) is 29.4 Å². The Morgan fingerprint density at radius 2 is 1.59 bits per heavy atom. The highest BCUT2D eigenvalue weighted by molar-refractivity contribution is 5.62. The lowest BCUT2D eigenvalue weighted by molar-refractivity contribution is 0.297. The summed E-state index contributed by atoms with van der Waals surface area (Å²) in [6.07, 6.45) is 18.5. The summed E-state index contributed by atoms with van der Waals surface area (Å²) < 4.78 is 14.6. The van der Waals surface area contributed by atoms with Crippen LogP contribution >= 0.6 is 0 Å². The van der Waals surface area contributed by atoms with Gasteiger partial charge < -0.3 is 0 Å². The second kappa shape index (κ2) is 11.4. The molecular formula is C26H37FN2. The molecule has 2 aromatic rings. The maximum absolute atomic E-state index is 14.6. The third kappa shape index (κ3) is 6.35. The van der Waals surface area contributed by atoms with E-state index in [0.717, 1.165) is 35.7 Å². The minimum absolute atomic E-state index is 0.164. The first kappa shape index (κ1) is 21.9. The molecule has 0 amide bonds. The normalized spacial score (nSPS) is 19.4. The zero-order chi connectivity index (χ0) is 20.5. The predicted octanol–water partition coefficient (Wildman–Crippen LogP) is 7.87. The molecule has 0 N–H and O–H groups in total. The molecule has 0 atom stereocenters. The first-order chi connectivity index (χ1) is 14.2. The minimum atomic E-state index is -0.164. The molecule has 0 radical (unpaired) electrons. The van der Waals surface area contributed by atoms with E-state index < -0.39 is 0 Å². The Bertz CT molecular complexity index is 733. The molecular weight excluding hydrogens is 359 g/mol. The molecule has 2 nitrogen and oxygen atoms in total. The van der Waals surface area contributed by atoms with Gasteiger partial charge >= 0.3 is 0 Å². The molecule has 1 aliphatic carbocycles. The van der Waals surface area contributed by atoms with Gasteiger partial charge in [0.25, 0.3) is 0 Å². The largest absolute Gasteiger partial charge is 0.240 e. The zero-order valence-electron chi connectivity index (χ0n) is 18.3. The Balaban J connectivity index is 1.56. The van der Waals surface area contributed by atoms with Crippen LogP contribution in [-0.2, 0) is 6.42 Å². The van der Waals surface area contributed by atoms with E-state index in [1.807, 2.05) is 24.5 Å². The Hall–Kier alpha value is -1.77. The van der Waals surface area contributed by atoms with E-state index >= 15 is 0 Å². The molecule has 1 aromatic heterocycles. The average Bonchev–Trinajstić information content (AvgIpc) is 2.75. The highest BCUT2D eigenvalue weighted by Crippen LogP contribution is 2.36. The molecule has 158 valence electrons. The summed E-state index contributed by atoms with van der Waals surface area (Å²) in [4.78, 5) is 9.25. The molecule has 0 spiro atoms. The van der Waals surface area contributed by atoms with Crippen LogP contribution in [0.1, 0.15) is 102 Å². The molecule has 0 bridgehead atoms. The van der Waals surface area contributed by atoms with Gasteiger partial charge in [-0.05, 0) is 56.1 Å². The SMILES string of the molecule is CCCCCc1ccc(-c2cnc([C@H]3CC[C@H](CCCCC)CC3)nc2)c(F)c1. The highest BCUT2D eigenvalue weighted by atomic mass is 19.1. The summed E-state index contributed by atoms with van der Waals surface area (Å²) in [7, 11) is 0. The molecule has 0 unspecified atom stereocenters. The second-order valence-corrected chi connectivity index (χ2v) is 8.81. The van der Waals surface area contributed by atoms with Crippen LogP contribution in [0.3, 0.4) is 0 Å². The number of aromatic nitrogens is 2. The molecule has 29 heavy (non-hydrogen) atoms. The number of aryl methyl sites for hydroxylation is 1. The predicted molar refractivity (Wildman–Crippen MR) is 119 cm³/mol. The molecule has 0 aliphatic heterocycles. The lowest BCUT2D eigenvalue weighted by atomic mass is 9.79. The van der Waals surface area contributed by atoms with Gasteiger partial charge in [-0.2, -0.15) is 0 Å². The van der Waals surface area contributed by atoms with Crippen molar-refractivity contribution in [1.82, 2.24) is 9.97 Å². The van der Waals surface area contributed by atoms with Crippen molar-refractivity contribution in [3.8, 4) is 11.1 Å². The van der Waals surface area contributed by atoms with Crippen molar-refractivity contribution in [1.29, 1.82) is 0 Å². The fourth-order valence-corrected chi connectivity index (χ4v) is 4.61. The Labute approximate surface area is 176 Å². The summed E-state index contributed by atoms with van der Waals surface area (Å²) >= 11 is 0. The minimum Gasteiger partial charge on any atom is -0.240 e. The van der Waals surface area contributed by atoms with Crippen LogP contribution in [0.2, 0.25) is 0 Å². The third-order valence-corrected chi connectivity index (χ3v) is 6.51. The molecule has 0 saturated heterocycles. The van der Waals surface area contributed by atoms with Gasteiger partial charge in [-0.15, -0.1) is 0 Å². The molecule has 1 aromatic carbocycles. The summed E-state index contributed by atoms with van der Waals surface area (Å²) in [5.74, 6) is 2.14. The van der Waals surface area contributed by atoms with E-state index in [-0.39, 0.29) is 5.82 Å². The number of benzene rings is 1. The van der Waals surface area contributed by atoms with Gasteiger partial charge in [0.15, 0.2) is 0 Å². The summed E-state index contributed by atoms with van der Waals surface area (Å²) in [6.45, 7) is 4.46. The molecule has 1 saturated carbocycles. The van der Waals surface area contributed by atoms with Crippen LogP contribution in [0.25, 0.3) is 11.1 Å². The zero-order valence-corrected chi connectivity index (χ0v) is 18.3. The average molecular weight is 397 g/mol. The number of nitrogens with zero attached hydrogens (tertiary/aromatic N) is 2. The first-order valence-corrected chi connectivity index (χ1v) is 11.8. The van der Waals surface area contributed by atoms with Crippen molar-refractivity contribution < 1.29 is 4.39 Å². The van der Waals surface area contributed by atoms with Crippen LogP contribution < -0.4 is 0 Å². The van der Waals surface area contributed by atoms with Gasteiger partial charge in [0.1, 0.15) is 11.6 Å². The van der Waals surface area contributed by atoms with E-state index in [4.69, 9.17) is 0 Å². The molecule has 1 fully saturated rings. The van der Waals surface area contributed by atoms with Crippen LogP contribution in [-0.4, -0.2) is 9.97 Å². The number of unbranched alkanes of at least 4 members (excludes halogenated alkanes) is 4. The van der Waals surface area contributed by atoms with Gasteiger partial charge in [-0.3, -0.25) is 0 Å². The number of hydrogen-bond donors (Lipinski definition) is 0. The lowest BCUT2D eigenvalue weighted by Crippen LogP contribution is -2.15. The standard InChI is InChI=1S/C26H37FN2/c1-3-5-7-9-20-11-14-22(15-12-20)26-28-18-23(19-29-26)24-16-13-21(17-25(24)27)10-8-6-4-2/h13,16-20,22H,3-12,14-15H2,1-2H3/t20-,22-. The Morgan fingerprint density at radius 3 is 2.24 bits per heavy atom. The van der Waals surface area contributed by atoms with Crippen LogP contribution in [0, 0.1) is 11.7 Å². The fourth-order valence-electron chi connectivity index (χ4n) is 4.61. The smallest absolute Gasteiger partial charge is 0.131 e. The van der Waals surface area contributed by atoms with Crippen molar-refractivity contribution in [3.63, 3.8) is 0 Å². The van der Waals surface area contributed by atoms with E-state index in [0.29, 0.717) is 11.5 Å².